The molecule has 0 unspecified atom stereocenters. The van der Waals surface area contributed by atoms with E-state index < -0.39 is 15.9 Å². The van der Waals surface area contributed by atoms with Crippen LogP contribution in [-0.2, 0) is 10.0 Å². The van der Waals surface area contributed by atoms with Crippen molar-refractivity contribution in [2.24, 2.45) is 0 Å². The van der Waals surface area contributed by atoms with E-state index in [1.165, 1.54) is 26.2 Å². The second-order valence-corrected chi connectivity index (χ2v) is 6.65. The summed E-state index contributed by atoms with van der Waals surface area (Å²) in [7, 11) is -0.834. The number of furan rings is 1. The normalized spacial score (nSPS) is 13.5. The summed E-state index contributed by atoms with van der Waals surface area (Å²) in [6.45, 7) is 3.92. The Labute approximate surface area is 113 Å². The second kappa shape index (κ2) is 6.21. The fourth-order valence-corrected chi connectivity index (χ4v) is 2.36. The van der Waals surface area contributed by atoms with Gasteiger partial charge in [-0.2, -0.15) is 0 Å². The second-order valence-electron chi connectivity index (χ2n) is 4.57. The van der Waals surface area contributed by atoms with Crippen LogP contribution in [0.15, 0.2) is 21.6 Å². The summed E-state index contributed by atoms with van der Waals surface area (Å²) in [6, 6.07) is 2.68. The van der Waals surface area contributed by atoms with Gasteiger partial charge in [-0.05, 0) is 25.5 Å². The predicted octanol–water partition coefficient (Wildman–Crippen LogP) is 1.45. The SMILES string of the molecule is CCC[C@@H](C)NC(=O)c1ccc(S(=O)(=O)N(C)C)o1. The van der Waals surface area contributed by atoms with Crippen LogP contribution in [0, 0.1) is 0 Å². The quantitative estimate of drug-likeness (QED) is 0.859. The summed E-state index contributed by atoms with van der Waals surface area (Å²) in [5.74, 6) is -0.399. The number of nitrogens with one attached hydrogen (secondary N) is 1. The number of carbonyl (C=O) groups is 1. The first kappa shape index (κ1) is 15.7. The van der Waals surface area contributed by atoms with Crippen molar-refractivity contribution in [3.8, 4) is 0 Å². The minimum absolute atomic E-state index is 0.00313. The molecule has 1 amide bonds. The van der Waals surface area contributed by atoms with Gasteiger partial charge in [-0.3, -0.25) is 4.79 Å². The van der Waals surface area contributed by atoms with Crippen molar-refractivity contribution >= 4 is 15.9 Å². The highest BCUT2D eigenvalue weighted by molar-refractivity contribution is 7.88. The lowest BCUT2D eigenvalue weighted by Crippen LogP contribution is -2.32. The molecule has 0 saturated heterocycles. The molecule has 0 spiro atoms. The molecular formula is C12H20N2O4S. The average Bonchev–Trinajstić information content (AvgIpc) is 2.78. The van der Waals surface area contributed by atoms with Crippen molar-refractivity contribution in [3.63, 3.8) is 0 Å². The number of sulfonamides is 1. The molecule has 0 fully saturated rings. The van der Waals surface area contributed by atoms with Gasteiger partial charge < -0.3 is 9.73 Å². The Morgan fingerprint density at radius 1 is 1.42 bits per heavy atom. The lowest BCUT2D eigenvalue weighted by molar-refractivity contribution is 0.0904. The zero-order valence-corrected chi connectivity index (χ0v) is 12.5. The Balaban J connectivity index is 2.83. The molecule has 1 aromatic rings. The number of hydrogen-bond donors (Lipinski definition) is 1. The molecule has 6 nitrogen and oxygen atoms in total. The zero-order chi connectivity index (χ0) is 14.6. The van der Waals surface area contributed by atoms with Crippen molar-refractivity contribution in [3.05, 3.63) is 17.9 Å². The first-order valence-electron chi connectivity index (χ1n) is 6.12. The van der Waals surface area contributed by atoms with Crippen LogP contribution in [0.5, 0.6) is 0 Å². The largest absolute Gasteiger partial charge is 0.438 e. The van der Waals surface area contributed by atoms with Crippen molar-refractivity contribution in [1.29, 1.82) is 0 Å². The molecule has 0 aromatic carbocycles. The maximum Gasteiger partial charge on any atom is 0.287 e. The van der Waals surface area contributed by atoms with Gasteiger partial charge in [-0.1, -0.05) is 13.3 Å². The average molecular weight is 288 g/mol. The summed E-state index contributed by atoms with van der Waals surface area (Å²) < 4.78 is 29.7. The summed E-state index contributed by atoms with van der Waals surface area (Å²) in [6.07, 6.45) is 1.81. The number of rotatable bonds is 6. The molecular weight excluding hydrogens is 268 g/mol. The molecule has 108 valence electrons. The predicted molar refractivity (Wildman–Crippen MR) is 71.4 cm³/mol. The van der Waals surface area contributed by atoms with Crippen molar-refractivity contribution in [2.45, 2.75) is 37.8 Å². The van der Waals surface area contributed by atoms with E-state index in [0.717, 1.165) is 17.1 Å². The van der Waals surface area contributed by atoms with Crippen LogP contribution in [0.3, 0.4) is 0 Å². The Morgan fingerprint density at radius 3 is 2.58 bits per heavy atom. The summed E-state index contributed by atoms with van der Waals surface area (Å²) >= 11 is 0. The van der Waals surface area contributed by atoms with Gasteiger partial charge in [0.1, 0.15) is 0 Å². The van der Waals surface area contributed by atoms with Gasteiger partial charge in [0.05, 0.1) is 0 Å². The maximum absolute atomic E-state index is 11.8. The smallest absolute Gasteiger partial charge is 0.287 e. The van der Waals surface area contributed by atoms with Crippen LogP contribution >= 0.6 is 0 Å². The van der Waals surface area contributed by atoms with Gasteiger partial charge >= 0.3 is 0 Å². The third-order valence-electron chi connectivity index (χ3n) is 2.64. The molecule has 1 N–H and O–H groups in total. The standard InChI is InChI=1S/C12H20N2O4S/c1-5-6-9(2)13-12(15)10-7-8-11(18-10)19(16,17)14(3)4/h7-9H,5-6H2,1-4H3,(H,13,15)/t9-/m1/s1. The lowest BCUT2D eigenvalue weighted by atomic mass is 10.2. The van der Waals surface area contributed by atoms with Crippen LogP contribution in [0.2, 0.25) is 0 Å². The Bertz CT molecular complexity index is 534. The number of amides is 1. The highest BCUT2D eigenvalue weighted by atomic mass is 32.2. The molecule has 1 aromatic heterocycles. The van der Waals surface area contributed by atoms with Gasteiger partial charge in [0.25, 0.3) is 15.9 Å². The van der Waals surface area contributed by atoms with E-state index in [9.17, 15) is 13.2 Å². The fourth-order valence-electron chi connectivity index (χ4n) is 1.56. The Hall–Kier alpha value is -1.34. The van der Waals surface area contributed by atoms with Crippen LogP contribution in [0.4, 0.5) is 0 Å². The van der Waals surface area contributed by atoms with E-state index >= 15 is 0 Å². The molecule has 0 aliphatic rings. The van der Waals surface area contributed by atoms with Gasteiger partial charge in [-0.25, -0.2) is 12.7 Å². The molecule has 1 heterocycles. The summed E-state index contributed by atoms with van der Waals surface area (Å²) in [4.78, 5) is 11.8. The molecule has 0 aliphatic carbocycles. The van der Waals surface area contributed by atoms with E-state index in [1.54, 1.807) is 0 Å². The molecule has 0 saturated carbocycles. The molecule has 0 radical (unpaired) electrons. The number of carbonyl (C=O) groups excluding carboxylic acids is 1. The Kier molecular flexibility index (Phi) is 5.13. The van der Waals surface area contributed by atoms with Gasteiger partial charge in [0, 0.05) is 20.1 Å². The lowest BCUT2D eigenvalue weighted by Gasteiger charge is -2.11. The highest BCUT2D eigenvalue weighted by Crippen LogP contribution is 2.17. The molecule has 0 aliphatic heterocycles. The van der Waals surface area contributed by atoms with Crippen molar-refractivity contribution < 1.29 is 17.6 Å². The highest BCUT2D eigenvalue weighted by Gasteiger charge is 2.23. The topological polar surface area (TPSA) is 79.6 Å². The van der Waals surface area contributed by atoms with Crippen LogP contribution in [0.25, 0.3) is 0 Å². The third-order valence-corrected chi connectivity index (χ3v) is 4.33. The first-order chi connectivity index (χ1) is 8.78. The molecule has 19 heavy (non-hydrogen) atoms. The van der Waals surface area contributed by atoms with Gasteiger partial charge in [0.2, 0.25) is 5.09 Å². The van der Waals surface area contributed by atoms with Crippen LogP contribution in [-0.4, -0.2) is 38.8 Å². The minimum Gasteiger partial charge on any atom is -0.438 e. The van der Waals surface area contributed by atoms with Crippen LogP contribution < -0.4 is 5.32 Å². The Morgan fingerprint density at radius 2 is 2.05 bits per heavy atom. The third kappa shape index (κ3) is 3.81. The first-order valence-corrected chi connectivity index (χ1v) is 7.56. The monoisotopic (exact) mass is 288 g/mol. The van der Waals surface area contributed by atoms with E-state index in [-0.39, 0.29) is 16.9 Å². The van der Waals surface area contributed by atoms with Crippen molar-refractivity contribution in [2.75, 3.05) is 14.1 Å². The maximum atomic E-state index is 11.8. The van der Waals surface area contributed by atoms with E-state index in [0.29, 0.717) is 0 Å². The van der Waals surface area contributed by atoms with Gasteiger partial charge in [0.15, 0.2) is 5.76 Å². The molecule has 1 rings (SSSR count). The zero-order valence-electron chi connectivity index (χ0n) is 11.6. The molecule has 0 bridgehead atoms. The van der Waals surface area contributed by atoms with Crippen molar-refractivity contribution in [1.82, 2.24) is 9.62 Å². The van der Waals surface area contributed by atoms with Crippen LogP contribution in [0.1, 0.15) is 37.2 Å². The van der Waals surface area contributed by atoms with E-state index in [4.69, 9.17) is 4.42 Å². The summed E-state index contributed by atoms with van der Waals surface area (Å²) in [5, 5.41) is 2.52. The summed E-state index contributed by atoms with van der Waals surface area (Å²) in [5.41, 5.74) is 0. The number of hydrogen-bond acceptors (Lipinski definition) is 4. The molecule has 7 heteroatoms. The molecule has 1 atom stereocenters. The number of nitrogens with zero attached hydrogens (tertiary/aromatic N) is 1. The fraction of sp³-hybridized carbons (Fsp3) is 0.583. The minimum atomic E-state index is -3.64. The van der Waals surface area contributed by atoms with Gasteiger partial charge in [-0.15, -0.1) is 0 Å². The van der Waals surface area contributed by atoms with E-state index in [1.807, 2.05) is 13.8 Å². The van der Waals surface area contributed by atoms with E-state index in [2.05, 4.69) is 5.32 Å².